The Hall–Kier alpha value is -2.08. The molecule has 1 N–H and O–H groups in total. The highest BCUT2D eigenvalue weighted by Gasteiger charge is 2.18. The molecule has 0 unspecified atom stereocenters. The number of Topliss-reactive ketones (excluding diaryl/α,β-unsaturated/α-hetero) is 1. The van der Waals surface area contributed by atoms with Gasteiger partial charge in [0.2, 0.25) is 5.78 Å². The van der Waals surface area contributed by atoms with Crippen LogP contribution in [0.1, 0.15) is 35.2 Å². The van der Waals surface area contributed by atoms with Crippen LogP contribution in [0.3, 0.4) is 0 Å². The minimum absolute atomic E-state index is 0.179. The Kier molecular flexibility index (Phi) is 3.78. The minimum atomic E-state index is -0.179. The molecule has 1 aliphatic rings. The summed E-state index contributed by atoms with van der Waals surface area (Å²) in [5, 5.41) is 12.4. The molecular formula is C15H16N2O. The van der Waals surface area contributed by atoms with Gasteiger partial charge in [0.15, 0.2) is 0 Å². The summed E-state index contributed by atoms with van der Waals surface area (Å²) in [4.78, 5) is 12.3. The Morgan fingerprint density at radius 2 is 2.00 bits per heavy atom. The second kappa shape index (κ2) is 5.50. The molecule has 0 saturated carbocycles. The van der Waals surface area contributed by atoms with E-state index in [1.165, 1.54) is 0 Å². The molecule has 0 atom stereocenters. The maximum Gasteiger partial charge on any atom is 0.205 e. The summed E-state index contributed by atoms with van der Waals surface area (Å²) < 4.78 is 0. The van der Waals surface area contributed by atoms with Gasteiger partial charge in [0, 0.05) is 17.8 Å². The van der Waals surface area contributed by atoms with Crippen LogP contribution in [0.4, 0.5) is 0 Å². The third-order valence-electron chi connectivity index (χ3n) is 3.15. The zero-order valence-electron chi connectivity index (χ0n) is 10.5. The van der Waals surface area contributed by atoms with Crippen LogP contribution in [0.15, 0.2) is 35.5 Å². The summed E-state index contributed by atoms with van der Waals surface area (Å²) in [6.07, 6.45) is 2.93. The molecule has 1 aliphatic heterocycles. The van der Waals surface area contributed by atoms with Gasteiger partial charge in [0.1, 0.15) is 11.6 Å². The van der Waals surface area contributed by atoms with Crippen molar-refractivity contribution in [1.29, 1.82) is 5.26 Å². The number of carbonyl (C=O) groups is 1. The average Bonchev–Trinajstić information content (AvgIpc) is 2.41. The van der Waals surface area contributed by atoms with Crippen molar-refractivity contribution in [3.8, 4) is 6.07 Å². The molecule has 1 saturated heterocycles. The second-order valence-corrected chi connectivity index (χ2v) is 4.54. The summed E-state index contributed by atoms with van der Waals surface area (Å²) in [7, 11) is 0. The van der Waals surface area contributed by atoms with E-state index in [0.717, 1.165) is 37.1 Å². The molecule has 2 rings (SSSR count). The first kappa shape index (κ1) is 12.4. The number of rotatable bonds is 2. The van der Waals surface area contributed by atoms with Crippen molar-refractivity contribution in [2.75, 3.05) is 6.54 Å². The van der Waals surface area contributed by atoms with Crippen molar-refractivity contribution in [3.63, 3.8) is 0 Å². The highest BCUT2D eigenvalue weighted by Crippen LogP contribution is 2.18. The Morgan fingerprint density at radius 3 is 2.56 bits per heavy atom. The Balaban J connectivity index is 2.31. The fraction of sp³-hybridized carbons (Fsp3) is 0.333. The number of nitrogens with zero attached hydrogens (tertiary/aromatic N) is 1. The molecule has 0 aliphatic carbocycles. The van der Waals surface area contributed by atoms with Gasteiger partial charge in [0.25, 0.3) is 0 Å². The molecular weight excluding hydrogens is 224 g/mol. The zero-order valence-corrected chi connectivity index (χ0v) is 10.5. The van der Waals surface area contributed by atoms with E-state index >= 15 is 0 Å². The van der Waals surface area contributed by atoms with E-state index in [-0.39, 0.29) is 11.4 Å². The quantitative estimate of drug-likeness (QED) is 0.491. The first-order valence-electron chi connectivity index (χ1n) is 6.21. The highest BCUT2D eigenvalue weighted by atomic mass is 16.1. The smallest absolute Gasteiger partial charge is 0.205 e. The van der Waals surface area contributed by atoms with Crippen molar-refractivity contribution in [1.82, 2.24) is 5.32 Å². The molecule has 0 bridgehead atoms. The third kappa shape index (κ3) is 2.60. The summed E-state index contributed by atoms with van der Waals surface area (Å²) in [6.45, 7) is 2.82. The summed E-state index contributed by atoms with van der Waals surface area (Å²) in [6, 6.07) is 9.38. The van der Waals surface area contributed by atoms with Gasteiger partial charge in [-0.05, 0) is 26.2 Å². The average molecular weight is 240 g/mol. The molecule has 1 aromatic rings. The predicted octanol–water partition coefficient (Wildman–Crippen LogP) is 2.73. The fourth-order valence-corrected chi connectivity index (χ4v) is 2.07. The van der Waals surface area contributed by atoms with Gasteiger partial charge in [-0.1, -0.05) is 29.8 Å². The van der Waals surface area contributed by atoms with Crippen LogP contribution >= 0.6 is 0 Å². The van der Waals surface area contributed by atoms with Gasteiger partial charge in [0.05, 0.1) is 0 Å². The van der Waals surface area contributed by atoms with Gasteiger partial charge >= 0.3 is 0 Å². The van der Waals surface area contributed by atoms with Crippen LogP contribution in [0.2, 0.25) is 0 Å². The first-order chi connectivity index (χ1) is 8.72. The number of ketones is 1. The molecule has 1 aromatic carbocycles. The Labute approximate surface area is 107 Å². The SMILES string of the molecule is Cc1ccc(C(=O)/C(C#N)=C2\CCCCN2)cc1. The second-order valence-electron chi connectivity index (χ2n) is 4.54. The fourth-order valence-electron chi connectivity index (χ4n) is 2.07. The molecule has 0 spiro atoms. The molecule has 18 heavy (non-hydrogen) atoms. The number of carbonyl (C=O) groups excluding carboxylic acids is 1. The van der Waals surface area contributed by atoms with Crippen molar-refractivity contribution >= 4 is 5.78 Å². The van der Waals surface area contributed by atoms with E-state index in [4.69, 9.17) is 0 Å². The Bertz CT molecular complexity index is 512. The number of allylic oxidation sites excluding steroid dienone is 2. The van der Waals surface area contributed by atoms with Crippen LogP contribution in [-0.4, -0.2) is 12.3 Å². The summed E-state index contributed by atoms with van der Waals surface area (Å²) in [5.41, 5.74) is 2.75. The number of nitrogens with one attached hydrogen (secondary N) is 1. The third-order valence-corrected chi connectivity index (χ3v) is 3.15. The van der Waals surface area contributed by atoms with Crippen LogP contribution in [0.5, 0.6) is 0 Å². The monoisotopic (exact) mass is 240 g/mol. The molecule has 92 valence electrons. The lowest BCUT2D eigenvalue weighted by Gasteiger charge is -2.17. The molecule has 0 radical (unpaired) electrons. The molecule has 3 nitrogen and oxygen atoms in total. The van der Waals surface area contributed by atoms with Crippen LogP contribution in [0, 0.1) is 18.3 Å². The van der Waals surface area contributed by atoms with Gasteiger partial charge in [-0.2, -0.15) is 5.26 Å². The number of piperidine rings is 1. The van der Waals surface area contributed by atoms with Gasteiger partial charge in [-0.3, -0.25) is 4.79 Å². The lowest BCUT2D eigenvalue weighted by molar-refractivity contribution is 0.103. The largest absolute Gasteiger partial charge is 0.387 e. The van der Waals surface area contributed by atoms with Crippen molar-refractivity contribution in [3.05, 3.63) is 46.7 Å². The van der Waals surface area contributed by atoms with Gasteiger partial charge in [-0.15, -0.1) is 0 Å². The predicted molar refractivity (Wildman–Crippen MR) is 70.0 cm³/mol. The minimum Gasteiger partial charge on any atom is -0.387 e. The van der Waals surface area contributed by atoms with Crippen LogP contribution in [-0.2, 0) is 0 Å². The maximum absolute atomic E-state index is 12.3. The number of hydrogen-bond acceptors (Lipinski definition) is 3. The summed E-state index contributed by atoms with van der Waals surface area (Å²) >= 11 is 0. The summed E-state index contributed by atoms with van der Waals surface area (Å²) in [5.74, 6) is -0.179. The van der Waals surface area contributed by atoms with Crippen molar-refractivity contribution in [2.24, 2.45) is 0 Å². The molecule has 0 amide bonds. The molecule has 0 aromatic heterocycles. The van der Waals surface area contributed by atoms with E-state index in [9.17, 15) is 10.1 Å². The lowest BCUT2D eigenvalue weighted by atomic mass is 9.98. The number of hydrogen-bond donors (Lipinski definition) is 1. The van der Waals surface area contributed by atoms with E-state index in [1.807, 2.05) is 19.1 Å². The Morgan fingerprint density at radius 1 is 1.28 bits per heavy atom. The molecule has 3 heteroatoms. The van der Waals surface area contributed by atoms with E-state index in [0.29, 0.717) is 5.56 Å². The zero-order chi connectivity index (χ0) is 13.0. The maximum atomic E-state index is 12.3. The van der Waals surface area contributed by atoms with Crippen molar-refractivity contribution < 1.29 is 4.79 Å². The standard InChI is InChI=1S/C15H16N2O/c1-11-5-7-12(8-6-11)15(18)13(10-16)14-4-2-3-9-17-14/h5-8,17H,2-4,9H2,1H3/b14-13+. The number of nitriles is 1. The van der Waals surface area contributed by atoms with E-state index in [1.54, 1.807) is 12.1 Å². The van der Waals surface area contributed by atoms with Gasteiger partial charge < -0.3 is 5.32 Å². The van der Waals surface area contributed by atoms with Gasteiger partial charge in [-0.25, -0.2) is 0 Å². The first-order valence-corrected chi connectivity index (χ1v) is 6.21. The number of aryl methyl sites for hydroxylation is 1. The highest BCUT2D eigenvalue weighted by molar-refractivity contribution is 6.11. The van der Waals surface area contributed by atoms with E-state index < -0.39 is 0 Å². The van der Waals surface area contributed by atoms with E-state index in [2.05, 4.69) is 11.4 Å². The van der Waals surface area contributed by atoms with Crippen LogP contribution in [0.25, 0.3) is 0 Å². The lowest BCUT2D eigenvalue weighted by Crippen LogP contribution is -2.23. The number of benzene rings is 1. The normalized spacial score (nSPS) is 17.6. The van der Waals surface area contributed by atoms with Crippen LogP contribution < -0.4 is 5.32 Å². The molecule has 1 fully saturated rings. The molecule has 1 heterocycles. The topological polar surface area (TPSA) is 52.9 Å². The van der Waals surface area contributed by atoms with Crippen molar-refractivity contribution in [2.45, 2.75) is 26.2 Å².